The maximum absolute atomic E-state index is 13.7. The number of carbonyl (C=O) groups is 1. The fourth-order valence-corrected chi connectivity index (χ4v) is 3.92. The Morgan fingerprint density at radius 2 is 1.74 bits per heavy atom. The molecule has 39 heavy (non-hydrogen) atoms. The largest absolute Gasteiger partial charge is 0.419 e. The summed E-state index contributed by atoms with van der Waals surface area (Å²) in [6.07, 6.45) is -3.04. The van der Waals surface area contributed by atoms with Gasteiger partial charge in [0.05, 0.1) is 41.8 Å². The molecule has 3 atom stereocenters. The summed E-state index contributed by atoms with van der Waals surface area (Å²) in [5.74, 6) is -5.87. The number of aliphatic hydroxyl groups is 3. The highest BCUT2D eigenvalue weighted by atomic mass is 19.4. The number of hydrogen-bond acceptors (Lipinski definition) is 12. The number of nitrogens with one attached hydrogen (secondary N) is 1. The molecule has 0 spiro atoms. The number of nitrogens with two attached hydrogens (primary N) is 1. The van der Waals surface area contributed by atoms with Crippen molar-refractivity contribution in [2.45, 2.75) is 44.2 Å². The van der Waals surface area contributed by atoms with Gasteiger partial charge in [-0.15, -0.1) is 0 Å². The molecule has 0 saturated carbocycles. The van der Waals surface area contributed by atoms with E-state index in [-0.39, 0.29) is 19.0 Å². The number of anilines is 1. The van der Waals surface area contributed by atoms with Gasteiger partial charge >= 0.3 is 12.1 Å². The lowest BCUT2D eigenvalue weighted by Gasteiger charge is -2.43. The molecule has 1 aliphatic rings. The van der Waals surface area contributed by atoms with E-state index in [0.717, 1.165) is 19.4 Å². The molecule has 1 saturated heterocycles. The minimum atomic E-state index is -4.62. The number of carbonyl (C=O) groups excluding carboxylic acids is 1. The van der Waals surface area contributed by atoms with Gasteiger partial charge in [0.1, 0.15) is 11.4 Å². The van der Waals surface area contributed by atoms with Crippen LogP contribution >= 0.6 is 0 Å². The van der Waals surface area contributed by atoms with E-state index in [9.17, 15) is 37.7 Å². The van der Waals surface area contributed by atoms with E-state index in [2.05, 4.69) is 30.2 Å². The summed E-state index contributed by atoms with van der Waals surface area (Å²) in [7, 11) is 1.07. The van der Waals surface area contributed by atoms with E-state index in [1.165, 1.54) is 4.90 Å². The maximum atomic E-state index is 13.7. The van der Waals surface area contributed by atoms with Crippen molar-refractivity contribution >= 4 is 23.1 Å². The van der Waals surface area contributed by atoms with Gasteiger partial charge in [0.25, 0.3) is 5.91 Å². The highest BCUT2D eigenvalue weighted by molar-refractivity contribution is 6.30. The second-order valence-electron chi connectivity index (χ2n) is 8.57. The van der Waals surface area contributed by atoms with Crippen LogP contribution in [0.2, 0.25) is 0 Å². The number of rotatable bonds is 7. The number of morpholine rings is 1. The van der Waals surface area contributed by atoms with Crippen molar-refractivity contribution in [3.63, 3.8) is 0 Å². The van der Waals surface area contributed by atoms with Gasteiger partial charge in [0.15, 0.2) is 11.6 Å². The number of amides is 1. The Kier molecular flexibility index (Phi) is 8.79. The van der Waals surface area contributed by atoms with Gasteiger partial charge in [-0.05, 0) is 13.8 Å². The number of halogens is 4. The summed E-state index contributed by atoms with van der Waals surface area (Å²) in [5, 5.41) is 32.3. The third-order valence-electron chi connectivity index (χ3n) is 5.67. The Bertz CT molecular complexity index is 1230. The Labute approximate surface area is 219 Å². The van der Waals surface area contributed by atoms with Crippen LogP contribution in [0.5, 0.6) is 0 Å². The number of hydrogen-bond donors (Lipinski definition) is 5. The predicted octanol–water partition coefficient (Wildman–Crippen LogP) is -0.0877. The smallest absolute Gasteiger partial charge is 0.394 e. The van der Waals surface area contributed by atoms with E-state index in [1.807, 2.05) is 0 Å². The van der Waals surface area contributed by atoms with Crippen LogP contribution in [0.3, 0.4) is 0 Å². The lowest BCUT2D eigenvalue weighted by Crippen LogP contribution is -2.59. The molecule has 13 nitrogen and oxygen atoms in total. The second kappa shape index (κ2) is 11.5. The van der Waals surface area contributed by atoms with Crippen LogP contribution in [0.4, 0.5) is 23.5 Å². The second-order valence-corrected chi connectivity index (χ2v) is 8.57. The normalized spacial score (nSPS) is 21.4. The Morgan fingerprint density at radius 1 is 1.15 bits per heavy atom. The van der Waals surface area contributed by atoms with Crippen molar-refractivity contribution in [3.8, 4) is 0 Å². The van der Waals surface area contributed by atoms with E-state index in [0.29, 0.717) is 12.4 Å². The van der Waals surface area contributed by atoms with Gasteiger partial charge in [-0.2, -0.15) is 13.2 Å². The van der Waals surface area contributed by atoms with Gasteiger partial charge in [0, 0.05) is 32.5 Å². The molecule has 2 aromatic rings. The summed E-state index contributed by atoms with van der Waals surface area (Å²) in [4.78, 5) is 33.3. The van der Waals surface area contributed by atoms with Gasteiger partial charge in [-0.25, -0.2) is 24.3 Å². The number of alkyl halides is 3. The molecule has 3 rings (SSSR count). The van der Waals surface area contributed by atoms with Crippen LogP contribution in [-0.2, 0) is 15.7 Å². The summed E-state index contributed by atoms with van der Waals surface area (Å²) in [5.41, 5.74) is 3.00. The molecular weight excluding hydrogens is 532 g/mol. The molecule has 1 aliphatic heterocycles. The van der Waals surface area contributed by atoms with Crippen molar-refractivity contribution < 1.29 is 42.4 Å². The molecular formula is C22H26F4N8O5. The number of nitrogens with zero attached hydrogens (tertiary/aromatic N) is 6. The monoisotopic (exact) mass is 558 g/mol. The zero-order chi connectivity index (χ0) is 29.1. The summed E-state index contributed by atoms with van der Waals surface area (Å²) < 4.78 is 57.7. The molecule has 3 unspecified atom stereocenters. The first-order valence-electron chi connectivity index (χ1n) is 11.3. The number of aliphatic imine (C=N–C) groups is 1. The average Bonchev–Trinajstić information content (AvgIpc) is 2.85. The molecule has 0 bridgehead atoms. The maximum Gasteiger partial charge on any atom is 0.419 e. The van der Waals surface area contributed by atoms with Gasteiger partial charge in [-0.1, -0.05) is 0 Å². The highest BCUT2D eigenvalue weighted by Crippen LogP contribution is 2.28. The first-order valence-corrected chi connectivity index (χ1v) is 11.3. The van der Waals surface area contributed by atoms with E-state index in [4.69, 9.17) is 10.5 Å². The third kappa shape index (κ3) is 6.99. The van der Waals surface area contributed by atoms with E-state index < -0.39 is 70.5 Å². The lowest BCUT2D eigenvalue weighted by molar-refractivity contribution is -0.254. The first-order chi connectivity index (χ1) is 18.1. The van der Waals surface area contributed by atoms with Crippen molar-refractivity contribution in [2.75, 3.05) is 25.5 Å². The van der Waals surface area contributed by atoms with Crippen molar-refractivity contribution in [2.24, 2.45) is 10.7 Å². The SMILES string of the molecule is CN=C(/C(=C(\N)C(=O)N1CC(C)OC(C)C1CNc1ncc(C(F)(F)F)cn1)c1ncc(F)cn1)C(O)(O)O. The van der Waals surface area contributed by atoms with Crippen LogP contribution in [0.25, 0.3) is 5.57 Å². The topological polar surface area (TPSA) is 192 Å². The summed E-state index contributed by atoms with van der Waals surface area (Å²) >= 11 is 0. The van der Waals surface area contributed by atoms with Crippen LogP contribution in [0.15, 0.2) is 35.5 Å². The molecule has 1 fully saturated rings. The fourth-order valence-electron chi connectivity index (χ4n) is 3.92. The summed E-state index contributed by atoms with van der Waals surface area (Å²) in [6.45, 7) is 3.24. The van der Waals surface area contributed by atoms with E-state index >= 15 is 0 Å². The minimum Gasteiger partial charge on any atom is -0.394 e. The predicted molar refractivity (Wildman–Crippen MR) is 127 cm³/mol. The zero-order valence-electron chi connectivity index (χ0n) is 20.9. The molecule has 3 heterocycles. The number of aromatic nitrogens is 4. The Hall–Kier alpha value is -3.80. The molecule has 1 amide bonds. The fraction of sp³-hybridized carbons (Fsp3) is 0.455. The Morgan fingerprint density at radius 3 is 2.26 bits per heavy atom. The molecule has 0 aliphatic carbocycles. The van der Waals surface area contributed by atoms with Crippen LogP contribution in [0, 0.1) is 5.82 Å². The van der Waals surface area contributed by atoms with E-state index in [1.54, 1.807) is 13.8 Å². The summed E-state index contributed by atoms with van der Waals surface area (Å²) in [6, 6.07) is -0.780. The quantitative estimate of drug-likeness (QED) is 0.132. The lowest BCUT2D eigenvalue weighted by atomic mass is 10.0. The van der Waals surface area contributed by atoms with Crippen molar-refractivity contribution in [1.82, 2.24) is 24.8 Å². The Balaban J connectivity index is 1.98. The molecule has 0 aromatic carbocycles. The zero-order valence-corrected chi connectivity index (χ0v) is 20.9. The van der Waals surface area contributed by atoms with Crippen LogP contribution in [-0.4, -0.2) is 96.1 Å². The standard InChI is InChI=1S/C22H26F4N8O5/c1-10-9-34(14(11(2)39-10)8-33-20-31-4-12(5-32-20)21(24,25)26)19(35)16(27)15(17(28-3)22(36,37)38)18-29-6-13(23)7-30-18/h4-7,10-11,14,36-38H,8-9,27H2,1-3H3,(H,31,32,33)/b16-15+,28-17?. The minimum absolute atomic E-state index is 0.0111. The molecule has 6 N–H and O–H groups in total. The van der Waals surface area contributed by atoms with Crippen LogP contribution in [0.1, 0.15) is 25.2 Å². The average molecular weight is 558 g/mol. The first kappa shape index (κ1) is 29.8. The molecule has 0 radical (unpaired) electrons. The third-order valence-corrected chi connectivity index (χ3v) is 5.67. The van der Waals surface area contributed by atoms with Gasteiger partial charge in [-0.3, -0.25) is 9.79 Å². The van der Waals surface area contributed by atoms with Crippen LogP contribution < -0.4 is 11.1 Å². The van der Waals surface area contributed by atoms with Gasteiger partial charge in [0.2, 0.25) is 5.95 Å². The van der Waals surface area contributed by atoms with Gasteiger partial charge < -0.3 is 36.0 Å². The highest BCUT2D eigenvalue weighted by Gasteiger charge is 2.40. The van der Waals surface area contributed by atoms with Crippen molar-refractivity contribution in [1.29, 1.82) is 0 Å². The molecule has 2 aromatic heterocycles. The molecule has 212 valence electrons. The number of ether oxygens (including phenoxy) is 1. The molecule has 17 heteroatoms. The van der Waals surface area contributed by atoms with Crippen molar-refractivity contribution in [3.05, 3.63) is 47.7 Å².